The van der Waals surface area contributed by atoms with Crippen molar-refractivity contribution in [2.75, 3.05) is 20.8 Å². The Labute approximate surface area is 58.9 Å². The van der Waals surface area contributed by atoms with E-state index in [1.54, 1.807) is 0 Å². The molecule has 10 heavy (non-hydrogen) atoms. The van der Waals surface area contributed by atoms with Gasteiger partial charge in [0.25, 0.3) is 0 Å². The first-order chi connectivity index (χ1) is 4.70. The second kappa shape index (κ2) is 5.01. The zero-order valence-electron chi connectivity index (χ0n) is 5.92. The highest BCUT2D eigenvalue weighted by Gasteiger charge is 2.01. The molecule has 0 bridgehead atoms. The molecule has 0 aromatic carbocycles. The minimum Gasteiger partial charge on any atom is -0.530 e. The van der Waals surface area contributed by atoms with Gasteiger partial charge < -0.3 is 24.7 Å². The quantitative estimate of drug-likeness (QED) is 0.494. The van der Waals surface area contributed by atoms with Gasteiger partial charge in [-0.05, 0) is 0 Å². The van der Waals surface area contributed by atoms with Gasteiger partial charge in [0.1, 0.15) is 6.09 Å². The summed E-state index contributed by atoms with van der Waals surface area (Å²) in [7, 11) is 2.84. The van der Waals surface area contributed by atoms with Crippen molar-refractivity contribution in [1.29, 1.82) is 0 Å². The molecule has 0 saturated heterocycles. The molecule has 0 atom stereocenters. The van der Waals surface area contributed by atoms with Crippen LogP contribution in [0, 0.1) is 0 Å². The first-order valence-electron chi connectivity index (χ1n) is 2.71. The van der Waals surface area contributed by atoms with E-state index in [4.69, 9.17) is 0 Å². The third kappa shape index (κ3) is 4.11. The highest BCUT2D eigenvalue weighted by Crippen LogP contribution is 1.85. The molecule has 0 rings (SSSR count). The Kier molecular flexibility index (Phi) is 4.61. The van der Waals surface area contributed by atoms with Crippen LogP contribution < -0.4 is 10.4 Å². The van der Waals surface area contributed by atoms with Gasteiger partial charge in [-0.3, -0.25) is 0 Å². The van der Waals surface area contributed by atoms with Crippen LogP contribution in [0.1, 0.15) is 0 Å². The van der Waals surface area contributed by atoms with Crippen molar-refractivity contribution in [3.05, 3.63) is 0 Å². The molecule has 0 unspecified atom stereocenters. The molecule has 0 fully saturated rings. The van der Waals surface area contributed by atoms with Crippen molar-refractivity contribution in [3.8, 4) is 0 Å². The SMILES string of the molecule is COC(CNC(=O)[O-])OC. The van der Waals surface area contributed by atoms with Crippen LogP contribution in [0.4, 0.5) is 4.79 Å². The maximum Gasteiger partial charge on any atom is 0.173 e. The molecule has 1 amide bonds. The van der Waals surface area contributed by atoms with Crippen molar-refractivity contribution in [1.82, 2.24) is 5.32 Å². The van der Waals surface area contributed by atoms with Gasteiger partial charge in [0.05, 0.1) is 6.54 Å². The Hall–Kier alpha value is -0.810. The number of carbonyl (C=O) groups is 1. The number of methoxy groups -OCH3 is 2. The van der Waals surface area contributed by atoms with Crippen LogP contribution in [-0.2, 0) is 9.47 Å². The third-order valence-electron chi connectivity index (χ3n) is 0.939. The summed E-state index contributed by atoms with van der Waals surface area (Å²) in [6, 6.07) is 0. The van der Waals surface area contributed by atoms with Crippen LogP contribution in [0.5, 0.6) is 0 Å². The average molecular weight is 148 g/mol. The van der Waals surface area contributed by atoms with Crippen LogP contribution in [0.15, 0.2) is 0 Å². The van der Waals surface area contributed by atoms with E-state index >= 15 is 0 Å². The van der Waals surface area contributed by atoms with Crippen LogP contribution in [0.2, 0.25) is 0 Å². The fourth-order valence-electron chi connectivity index (χ4n) is 0.430. The number of carboxylic acid groups (broad SMARTS) is 1. The topological polar surface area (TPSA) is 70.6 Å². The predicted octanol–water partition coefficient (Wildman–Crippen LogP) is -1.46. The van der Waals surface area contributed by atoms with Crippen molar-refractivity contribution in [2.24, 2.45) is 0 Å². The number of hydrogen-bond donors (Lipinski definition) is 1. The molecule has 0 aliphatic heterocycles. The summed E-state index contributed by atoms with van der Waals surface area (Å²) in [6.45, 7) is 0.0787. The lowest BCUT2D eigenvalue weighted by molar-refractivity contribution is -0.252. The van der Waals surface area contributed by atoms with E-state index in [9.17, 15) is 9.90 Å². The van der Waals surface area contributed by atoms with E-state index in [1.165, 1.54) is 14.2 Å². The summed E-state index contributed by atoms with van der Waals surface area (Å²) in [6.07, 6.45) is -1.88. The predicted molar refractivity (Wildman–Crippen MR) is 31.2 cm³/mol. The summed E-state index contributed by atoms with van der Waals surface area (Å²) in [5.41, 5.74) is 0. The van der Waals surface area contributed by atoms with Gasteiger partial charge >= 0.3 is 0 Å². The molecule has 1 N–H and O–H groups in total. The lowest BCUT2D eigenvalue weighted by Crippen LogP contribution is -2.41. The summed E-state index contributed by atoms with van der Waals surface area (Å²) in [4.78, 5) is 9.80. The summed E-state index contributed by atoms with van der Waals surface area (Å²) < 4.78 is 9.35. The van der Waals surface area contributed by atoms with Crippen molar-refractivity contribution >= 4 is 6.09 Å². The monoisotopic (exact) mass is 148 g/mol. The Balaban J connectivity index is 3.34. The maximum absolute atomic E-state index is 9.80. The molecule has 0 spiro atoms. The van der Waals surface area contributed by atoms with Crippen LogP contribution >= 0.6 is 0 Å². The molecular formula is C5H10NO4-. The molecule has 0 radical (unpaired) electrons. The Bertz CT molecular complexity index is 102. The first kappa shape index (κ1) is 9.19. The number of hydrogen-bond acceptors (Lipinski definition) is 4. The second-order valence-corrected chi connectivity index (χ2v) is 1.57. The first-order valence-corrected chi connectivity index (χ1v) is 2.71. The number of nitrogens with one attached hydrogen (secondary N) is 1. The lowest BCUT2D eigenvalue weighted by Gasteiger charge is -2.14. The largest absolute Gasteiger partial charge is 0.530 e. The standard InChI is InChI=1S/C5H11NO4/c1-9-4(10-2)3-6-5(7)8/h4,6H,3H2,1-2H3,(H,7,8)/p-1. The maximum atomic E-state index is 9.80. The van der Waals surface area contributed by atoms with Gasteiger partial charge in [0.2, 0.25) is 0 Å². The smallest absolute Gasteiger partial charge is 0.173 e. The number of amides is 1. The summed E-state index contributed by atoms with van der Waals surface area (Å²) >= 11 is 0. The summed E-state index contributed by atoms with van der Waals surface area (Å²) in [5.74, 6) is 0. The fourth-order valence-corrected chi connectivity index (χ4v) is 0.430. The highest BCUT2D eigenvalue weighted by molar-refractivity contribution is 5.61. The zero-order valence-corrected chi connectivity index (χ0v) is 5.92. The lowest BCUT2D eigenvalue weighted by atomic mass is 10.6. The van der Waals surface area contributed by atoms with Crippen molar-refractivity contribution in [3.63, 3.8) is 0 Å². The van der Waals surface area contributed by atoms with Gasteiger partial charge in [-0.1, -0.05) is 0 Å². The number of rotatable bonds is 4. The second-order valence-electron chi connectivity index (χ2n) is 1.57. The zero-order chi connectivity index (χ0) is 7.98. The van der Waals surface area contributed by atoms with E-state index < -0.39 is 12.4 Å². The third-order valence-corrected chi connectivity index (χ3v) is 0.939. The van der Waals surface area contributed by atoms with E-state index in [0.29, 0.717) is 0 Å². The van der Waals surface area contributed by atoms with Crippen LogP contribution in [0.25, 0.3) is 0 Å². The molecule has 5 nitrogen and oxygen atoms in total. The minimum atomic E-state index is -1.33. The van der Waals surface area contributed by atoms with Crippen LogP contribution in [-0.4, -0.2) is 33.1 Å². The van der Waals surface area contributed by atoms with E-state index in [-0.39, 0.29) is 6.54 Å². The Morgan fingerprint density at radius 3 is 2.40 bits per heavy atom. The molecular weight excluding hydrogens is 138 g/mol. The van der Waals surface area contributed by atoms with E-state index in [1.807, 2.05) is 5.32 Å². The molecule has 0 saturated carbocycles. The molecule has 0 aliphatic carbocycles. The van der Waals surface area contributed by atoms with Crippen molar-refractivity contribution in [2.45, 2.75) is 6.29 Å². The normalized spacial score (nSPS) is 9.90. The van der Waals surface area contributed by atoms with Gasteiger partial charge in [-0.15, -0.1) is 0 Å². The average Bonchev–Trinajstić information content (AvgIpc) is 1.90. The number of ether oxygens (including phenoxy) is 2. The molecule has 5 heteroatoms. The van der Waals surface area contributed by atoms with Gasteiger partial charge in [-0.25, -0.2) is 0 Å². The molecule has 0 heterocycles. The molecule has 60 valence electrons. The molecule has 0 aromatic rings. The van der Waals surface area contributed by atoms with Gasteiger partial charge in [0, 0.05) is 14.2 Å². The fraction of sp³-hybridized carbons (Fsp3) is 0.800. The summed E-state index contributed by atoms with van der Waals surface area (Å²) in [5, 5.41) is 11.8. The van der Waals surface area contributed by atoms with E-state index in [0.717, 1.165) is 0 Å². The van der Waals surface area contributed by atoms with E-state index in [2.05, 4.69) is 9.47 Å². The number of carbonyl (C=O) groups excluding carboxylic acids is 1. The van der Waals surface area contributed by atoms with Crippen LogP contribution in [0.3, 0.4) is 0 Å². The van der Waals surface area contributed by atoms with Gasteiger partial charge in [0.15, 0.2) is 6.29 Å². The Morgan fingerprint density at radius 1 is 1.60 bits per heavy atom. The van der Waals surface area contributed by atoms with Crippen molar-refractivity contribution < 1.29 is 19.4 Å². The minimum absolute atomic E-state index is 0.0787. The van der Waals surface area contributed by atoms with Gasteiger partial charge in [-0.2, -0.15) is 0 Å². The highest BCUT2D eigenvalue weighted by atomic mass is 16.7. The Morgan fingerprint density at radius 2 is 2.10 bits per heavy atom. The molecule has 0 aromatic heterocycles. The molecule has 0 aliphatic rings.